The van der Waals surface area contributed by atoms with Crippen LogP contribution in [0.1, 0.15) is 245 Å². The topological polar surface area (TPSA) is 89.8 Å². The first-order valence-corrected chi connectivity index (χ1v) is 22.5. The minimum atomic E-state index is -1.15. The lowest BCUT2D eigenvalue weighted by Crippen LogP contribution is -2.50. The van der Waals surface area contributed by atoms with Crippen LogP contribution in [0.25, 0.3) is 0 Å². The summed E-state index contributed by atoms with van der Waals surface area (Å²) < 4.78 is 0. The molecule has 3 unspecified atom stereocenters. The smallest absolute Gasteiger partial charge is 0.220 e. The number of aliphatic hydroxyl groups excluding tert-OH is 3. The molecule has 0 aromatic rings. The zero-order valence-corrected chi connectivity index (χ0v) is 33.8. The molecule has 0 aliphatic carbocycles. The molecule has 0 heterocycles. The summed E-state index contributed by atoms with van der Waals surface area (Å²) in [6, 6.07) is -0.819. The summed E-state index contributed by atoms with van der Waals surface area (Å²) in [5, 5.41) is 33.4. The Morgan fingerprint density at radius 2 is 0.800 bits per heavy atom. The Bertz CT molecular complexity index is 699. The van der Waals surface area contributed by atoms with Crippen LogP contribution in [0.3, 0.4) is 0 Å². The zero-order valence-electron chi connectivity index (χ0n) is 33.8. The van der Waals surface area contributed by atoms with E-state index < -0.39 is 18.2 Å². The highest BCUT2D eigenvalue weighted by molar-refractivity contribution is 5.76. The third kappa shape index (κ3) is 35.5. The van der Waals surface area contributed by atoms with Crippen molar-refractivity contribution in [3.05, 3.63) is 12.2 Å². The van der Waals surface area contributed by atoms with Crippen molar-refractivity contribution in [2.75, 3.05) is 6.61 Å². The van der Waals surface area contributed by atoms with E-state index in [0.29, 0.717) is 12.8 Å². The van der Waals surface area contributed by atoms with Gasteiger partial charge >= 0.3 is 0 Å². The van der Waals surface area contributed by atoms with E-state index >= 15 is 0 Å². The largest absolute Gasteiger partial charge is 0.394 e. The van der Waals surface area contributed by atoms with Gasteiger partial charge in [0.25, 0.3) is 0 Å². The number of unbranched alkanes of at least 4 members (excludes halogenated alkanes) is 31. The van der Waals surface area contributed by atoms with Gasteiger partial charge in [0.1, 0.15) is 6.10 Å². The highest BCUT2D eigenvalue weighted by atomic mass is 16.3. The highest BCUT2D eigenvalue weighted by Gasteiger charge is 2.26. The van der Waals surface area contributed by atoms with Crippen LogP contribution in [-0.2, 0) is 4.79 Å². The maximum Gasteiger partial charge on any atom is 0.220 e. The van der Waals surface area contributed by atoms with E-state index in [1.807, 2.05) is 0 Å². The van der Waals surface area contributed by atoms with Crippen molar-refractivity contribution in [3.63, 3.8) is 0 Å². The summed E-state index contributed by atoms with van der Waals surface area (Å²) in [7, 11) is 0. The summed E-state index contributed by atoms with van der Waals surface area (Å²) in [5.41, 5.74) is 0. The van der Waals surface area contributed by atoms with Crippen LogP contribution in [0.4, 0.5) is 0 Å². The van der Waals surface area contributed by atoms with Crippen molar-refractivity contribution in [1.29, 1.82) is 0 Å². The number of amides is 1. The Labute approximate surface area is 312 Å². The molecule has 4 N–H and O–H groups in total. The number of allylic oxidation sites excluding steroid dienone is 2. The summed E-state index contributed by atoms with van der Waals surface area (Å²) in [6.45, 7) is 4.16. The van der Waals surface area contributed by atoms with Gasteiger partial charge < -0.3 is 20.6 Å². The van der Waals surface area contributed by atoms with Crippen LogP contribution >= 0.6 is 0 Å². The second-order valence-electron chi connectivity index (χ2n) is 15.6. The van der Waals surface area contributed by atoms with Crippen LogP contribution in [-0.4, -0.2) is 46.1 Å². The molecule has 5 nitrogen and oxygen atoms in total. The van der Waals surface area contributed by atoms with Crippen molar-refractivity contribution in [1.82, 2.24) is 5.32 Å². The molecule has 0 rings (SSSR count). The quantitative estimate of drug-likeness (QED) is 0.0376. The lowest BCUT2D eigenvalue weighted by Gasteiger charge is -2.26. The van der Waals surface area contributed by atoms with Crippen molar-refractivity contribution in [2.45, 2.75) is 263 Å². The molecule has 0 aliphatic rings. The fourth-order valence-corrected chi connectivity index (χ4v) is 7.10. The van der Waals surface area contributed by atoms with Gasteiger partial charge in [-0.2, -0.15) is 0 Å². The van der Waals surface area contributed by atoms with Crippen molar-refractivity contribution >= 4 is 5.91 Å². The average Bonchev–Trinajstić information content (AvgIpc) is 3.12. The van der Waals surface area contributed by atoms with Crippen molar-refractivity contribution < 1.29 is 20.1 Å². The minimum absolute atomic E-state index is 0.151. The van der Waals surface area contributed by atoms with Crippen LogP contribution in [0.5, 0.6) is 0 Å². The Balaban J connectivity index is 3.53. The van der Waals surface area contributed by atoms with E-state index in [1.165, 1.54) is 180 Å². The Kier molecular flexibility index (Phi) is 40.1. The summed E-state index contributed by atoms with van der Waals surface area (Å²) in [5.74, 6) is -0.151. The fourth-order valence-electron chi connectivity index (χ4n) is 7.10. The highest BCUT2D eigenvalue weighted by Crippen LogP contribution is 2.17. The SMILES string of the molecule is CCCCCCCC/C=C/CCCC(O)C(O)C(CO)NC(=O)CCCCCCCCCCCCCCCCCCCCCCCCCCC. The number of hydrogen-bond donors (Lipinski definition) is 4. The van der Waals surface area contributed by atoms with Gasteiger partial charge in [-0.15, -0.1) is 0 Å². The summed E-state index contributed by atoms with van der Waals surface area (Å²) >= 11 is 0. The molecule has 0 spiro atoms. The van der Waals surface area contributed by atoms with E-state index in [4.69, 9.17) is 0 Å². The zero-order chi connectivity index (χ0) is 36.6. The predicted octanol–water partition coefficient (Wildman–Crippen LogP) is 12.8. The van der Waals surface area contributed by atoms with E-state index in [0.717, 1.165) is 38.5 Å². The Morgan fingerprint density at radius 1 is 0.480 bits per heavy atom. The second-order valence-corrected chi connectivity index (χ2v) is 15.6. The number of carbonyl (C=O) groups is 1. The lowest BCUT2D eigenvalue weighted by atomic mass is 10.0. The second kappa shape index (κ2) is 40.9. The molecule has 3 atom stereocenters. The molecule has 0 radical (unpaired) electrons. The third-order valence-electron chi connectivity index (χ3n) is 10.6. The molecule has 0 fully saturated rings. The monoisotopic (exact) mass is 708 g/mol. The first-order chi connectivity index (χ1) is 24.6. The average molecular weight is 708 g/mol. The maximum atomic E-state index is 12.4. The molecule has 0 aliphatic heterocycles. The van der Waals surface area contributed by atoms with Gasteiger partial charge in [0, 0.05) is 6.42 Å². The van der Waals surface area contributed by atoms with E-state index in [-0.39, 0.29) is 12.5 Å². The Hall–Kier alpha value is -0.910. The number of nitrogens with one attached hydrogen (secondary N) is 1. The van der Waals surface area contributed by atoms with Gasteiger partial charge in [-0.25, -0.2) is 0 Å². The molecule has 0 aromatic carbocycles. The number of aliphatic hydroxyl groups is 3. The molecule has 1 amide bonds. The number of hydrogen-bond acceptors (Lipinski definition) is 4. The van der Waals surface area contributed by atoms with Crippen LogP contribution < -0.4 is 5.32 Å². The molecular weight excluding hydrogens is 618 g/mol. The number of rotatable bonds is 41. The van der Waals surface area contributed by atoms with Gasteiger partial charge in [-0.05, 0) is 38.5 Å². The van der Waals surface area contributed by atoms with Crippen molar-refractivity contribution in [3.8, 4) is 0 Å². The molecule has 0 bridgehead atoms. The molecule has 50 heavy (non-hydrogen) atoms. The molecule has 0 aromatic heterocycles. The van der Waals surface area contributed by atoms with Gasteiger partial charge in [-0.3, -0.25) is 4.79 Å². The van der Waals surface area contributed by atoms with Gasteiger partial charge in [0.15, 0.2) is 0 Å². The first kappa shape index (κ1) is 49.1. The van der Waals surface area contributed by atoms with E-state index in [9.17, 15) is 20.1 Å². The standard InChI is InChI=1S/C45H89NO4/c1-3-5-7-9-11-13-15-16-17-18-19-20-21-22-23-24-25-26-27-28-30-32-34-36-38-40-44(49)46-42(41-47)45(50)43(48)39-37-35-33-31-29-14-12-10-8-6-4-2/h31,33,42-43,45,47-48,50H,3-30,32,34-41H2,1-2H3,(H,46,49)/b33-31+. The molecule has 0 saturated carbocycles. The predicted molar refractivity (Wildman–Crippen MR) is 218 cm³/mol. The normalized spacial score (nSPS) is 13.6. The Morgan fingerprint density at radius 3 is 1.16 bits per heavy atom. The van der Waals surface area contributed by atoms with E-state index in [2.05, 4.69) is 31.3 Å². The van der Waals surface area contributed by atoms with Crippen molar-refractivity contribution in [2.24, 2.45) is 0 Å². The van der Waals surface area contributed by atoms with Crippen LogP contribution in [0, 0.1) is 0 Å². The third-order valence-corrected chi connectivity index (χ3v) is 10.6. The molecule has 5 heteroatoms. The van der Waals surface area contributed by atoms with Crippen LogP contribution in [0.2, 0.25) is 0 Å². The lowest BCUT2D eigenvalue weighted by molar-refractivity contribution is -0.124. The summed E-state index contributed by atoms with van der Waals surface area (Å²) in [6.07, 6.45) is 47.7. The summed E-state index contributed by atoms with van der Waals surface area (Å²) in [4.78, 5) is 12.4. The fraction of sp³-hybridized carbons (Fsp3) is 0.933. The molecular formula is C45H89NO4. The van der Waals surface area contributed by atoms with Gasteiger partial charge in [0.05, 0.1) is 18.8 Å². The van der Waals surface area contributed by atoms with Crippen LogP contribution in [0.15, 0.2) is 12.2 Å². The maximum absolute atomic E-state index is 12.4. The van der Waals surface area contributed by atoms with E-state index in [1.54, 1.807) is 0 Å². The number of carbonyl (C=O) groups excluding carboxylic acids is 1. The van der Waals surface area contributed by atoms with Gasteiger partial charge in [0.2, 0.25) is 5.91 Å². The van der Waals surface area contributed by atoms with Gasteiger partial charge in [-0.1, -0.05) is 212 Å². The molecule has 298 valence electrons. The molecule has 0 saturated heterocycles. The first-order valence-electron chi connectivity index (χ1n) is 22.5. The minimum Gasteiger partial charge on any atom is -0.394 e.